The molecular weight excluding hydrogens is 398 g/mol. The van der Waals surface area contributed by atoms with Gasteiger partial charge in [0.2, 0.25) is 0 Å². The van der Waals surface area contributed by atoms with Gasteiger partial charge in [-0.1, -0.05) is 0 Å². The van der Waals surface area contributed by atoms with E-state index in [9.17, 15) is 14.4 Å². The standard InChI is InChI=1S/C16H20BrNO5S/c1-22-12(19)8-7-11(16(21)23-2)18-15(20)13-9-5-3-4-6-10(9)14(17)24-13/h11H,3-8H2,1-2H3,(H,18,20)/t11-/m0/s1. The van der Waals surface area contributed by atoms with Gasteiger partial charge in [0.1, 0.15) is 6.04 Å². The first-order valence-corrected chi connectivity index (χ1v) is 9.34. The number of carbonyl (C=O) groups excluding carboxylic acids is 3. The molecule has 0 spiro atoms. The Balaban J connectivity index is 2.12. The van der Waals surface area contributed by atoms with E-state index < -0.39 is 18.0 Å². The van der Waals surface area contributed by atoms with Crippen molar-refractivity contribution in [2.75, 3.05) is 14.2 Å². The van der Waals surface area contributed by atoms with Gasteiger partial charge in [-0.05, 0) is 59.2 Å². The van der Waals surface area contributed by atoms with E-state index in [0.29, 0.717) is 4.88 Å². The van der Waals surface area contributed by atoms with Crippen molar-refractivity contribution in [3.05, 3.63) is 19.8 Å². The van der Waals surface area contributed by atoms with Crippen LogP contribution in [0.1, 0.15) is 46.5 Å². The van der Waals surface area contributed by atoms with Crippen molar-refractivity contribution in [3.63, 3.8) is 0 Å². The van der Waals surface area contributed by atoms with E-state index in [0.717, 1.165) is 35.0 Å². The van der Waals surface area contributed by atoms with Crippen LogP contribution in [0.25, 0.3) is 0 Å². The average Bonchev–Trinajstić information content (AvgIpc) is 2.94. The van der Waals surface area contributed by atoms with Crippen LogP contribution in [0.3, 0.4) is 0 Å². The maximum atomic E-state index is 12.6. The van der Waals surface area contributed by atoms with Crippen LogP contribution in [0.4, 0.5) is 0 Å². The largest absolute Gasteiger partial charge is 0.469 e. The van der Waals surface area contributed by atoms with Crippen LogP contribution in [0.5, 0.6) is 0 Å². The SMILES string of the molecule is COC(=O)CC[C@H](NC(=O)c1sc(Br)c2c1CCCC2)C(=O)OC. The Morgan fingerprint density at radius 2 is 1.83 bits per heavy atom. The highest BCUT2D eigenvalue weighted by atomic mass is 79.9. The summed E-state index contributed by atoms with van der Waals surface area (Å²) in [7, 11) is 2.53. The molecule has 1 aromatic rings. The summed E-state index contributed by atoms with van der Waals surface area (Å²) in [6.45, 7) is 0. The second kappa shape index (κ2) is 8.62. The number of carbonyl (C=O) groups is 3. The monoisotopic (exact) mass is 417 g/mol. The lowest BCUT2D eigenvalue weighted by Gasteiger charge is -2.17. The lowest BCUT2D eigenvalue weighted by molar-refractivity contribution is -0.144. The van der Waals surface area contributed by atoms with Gasteiger partial charge >= 0.3 is 11.9 Å². The fourth-order valence-corrected chi connectivity index (χ4v) is 4.70. The number of nitrogens with one attached hydrogen (secondary N) is 1. The van der Waals surface area contributed by atoms with Crippen LogP contribution >= 0.6 is 27.3 Å². The van der Waals surface area contributed by atoms with Crippen LogP contribution < -0.4 is 5.32 Å². The van der Waals surface area contributed by atoms with E-state index in [1.165, 1.54) is 31.1 Å². The van der Waals surface area contributed by atoms with Crippen molar-refractivity contribution in [2.24, 2.45) is 0 Å². The molecule has 0 bridgehead atoms. The normalized spacial score (nSPS) is 14.5. The Morgan fingerprint density at radius 1 is 1.17 bits per heavy atom. The number of thiophene rings is 1. The van der Waals surface area contributed by atoms with Crippen molar-refractivity contribution in [3.8, 4) is 0 Å². The minimum absolute atomic E-state index is 0.0305. The molecule has 132 valence electrons. The quantitative estimate of drug-likeness (QED) is 0.719. The molecule has 0 fully saturated rings. The van der Waals surface area contributed by atoms with Gasteiger partial charge in [0, 0.05) is 6.42 Å². The molecule has 0 aromatic carbocycles. The Kier molecular flexibility index (Phi) is 6.79. The summed E-state index contributed by atoms with van der Waals surface area (Å²) in [4.78, 5) is 36.4. The minimum atomic E-state index is -0.873. The fourth-order valence-electron chi connectivity index (χ4n) is 2.75. The maximum Gasteiger partial charge on any atom is 0.328 e. The molecule has 1 N–H and O–H groups in total. The lowest BCUT2D eigenvalue weighted by atomic mass is 9.93. The Labute approximate surface area is 153 Å². The van der Waals surface area contributed by atoms with Crippen LogP contribution in [-0.4, -0.2) is 38.1 Å². The summed E-state index contributed by atoms with van der Waals surface area (Å²) in [5.74, 6) is -1.31. The first-order chi connectivity index (χ1) is 11.5. The van der Waals surface area contributed by atoms with Gasteiger partial charge in [-0.2, -0.15) is 0 Å². The van der Waals surface area contributed by atoms with Crippen molar-refractivity contribution >= 4 is 45.1 Å². The molecule has 1 amide bonds. The number of amides is 1. The molecular formula is C16H20BrNO5S. The molecule has 0 aliphatic heterocycles. The lowest BCUT2D eigenvalue weighted by Crippen LogP contribution is -2.42. The van der Waals surface area contributed by atoms with E-state index >= 15 is 0 Å². The summed E-state index contributed by atoms with van der Waals surface area (Å²) in [5, 5.41) is 2.70. The highest BCUT2D eigenvalue weighted by Crippen LogP contribution is 2.37. The molecule has 8 heteroatoms. The molecule has 2 rings (SSSR count). The van der Waals surface area contributed by atoms with E-state index in [2.05, 4.69) is 26.0 Å². The molecule has 6 nitrogen and oxygen atoms in total. The van der Waals surface area contributed by atoms with Crippen molar-refractivity contribution in [1.82, 2.24) is 5.32 Å². The van der Waals surface area contributed by atoms with Crippen LogP contribution in [0.2, 0.25) is 0 Å². The maximum absolute atomic E-state index is 12.6. The van der Waals surface area contributed by atoms with Gasteiger partial charge in [-0.15, -0.1) is 11.3 Å². The van der Waals surface area contributed by atoms with Gasteiger partial charge in [0.15, 0.2) is 0 Å². The molecule has 1 atom stereocenters. The predicted molar refractivity (Wildman–Crippen MR) is 93.2 cm³/mol. The summed E-state index contributed by atoms with van der Waals surface area (Å²) < 4.78 is 10.3. The number of methoxy groups -OCH3 is 2. The number of rotatable bonds is 6. The third kappa shape index (κ3) is 4.36. The minimum Gasteiger partial charge on any atom is -0.469 e. The van der Waals surface area contributed by atoms with E-state index in [4.69, 9.17) is 4.74 Å². The zero-order valence-corrected chi connectivity index (χ0v) is 16.0. The smallest absolute Gasteiger partial charge is 0.328 e. The van der Waals surface area contributed by atoms with Crippen molar-refractivity contribution < 1.29 is 23.9 Å². The number of fused-ring (bicyclic) bond motifs is 1. The number of hydrogen-bond donors (Lipinski definition) is 1. The second-order valence-electron chi connectivity index (χ2n) is 5.53. The van der Waals surface area contributed by atoms with Gasteiger partial charge < -0.3 is 14.8 Å². The summed E-state index contributed by atoms with van der Waals surface area (Å²) >= 11 is 4.91. The highest BCUT2D eigenvalue weighted by molar-refractivity contribution is 9.11. The molecule has 0 saturated carbocycles. The van der Waals surface area contributed by atoms with Gasteiger partial charge in [-0.3, -0.25) is 9.59 Å². The zero-order chi connectivity index (χ0) is 17.7. The summed E-state index contributed by atoms with van der Waals surface area (Å²) in [6.07, 6.45) is 4.17. The summed E-state index contributed by atoms with van der Waals surface area (Å²) in [5.41, 5.74) is 2.26. The summed E-state index contributed by atoms with van der Waals surface area (Å²) in [6, 6.07) is -0.873. The second-order valence-corrected chi connectivity index (χ2v) is 7.87. The Hall–Kier alpha value is -1.41. The molecule has 1 aromatic heterocycles. The molecule has 1 aliphatic carbocycles. The third-order valence-electron chi connectivity index (χ3n) is 4.03. The average molecular weight is 418 g/mol. The van der Waals surface area contributed by atoms with E-state index in [1.807, 2.05) is 0 Å². The third-order valence-corrected chi connectivity index (χ3v) is 6.06. The first kappa shape index (κ1) is 18.9. The first-order valence-electron chi connectivity index (χ1n) is 7.73. The number of hydrogen-bond acceptors (Lipinski definition) is 6. The van der Waals surface area contributed by atoms with Crippen LogP contribution in [0.15, 0.2) is 3.79 Å². The number of esters is 2. The van der Waals surface area contributed by atoms with E-state index in [1.54, 1.807) is 0 Å². The van der Waals surface area contributed by atoms with Crippen LogP contribution in [0, 0.1) is 0 Å². The van der Waals surface area contributed by atoms with Crippen molar-refractivity contribution in [1.29, 1.82) is 0 Å². The molecule has 0 radical (unpaired) electrons. The van der Waals surface area contributed by atoms with Gasteiger partial charge in [-0.25, -0.2) is 4.79 Å². The van der Waals surface area contributed by atoms with Gasteiger partial charge in [0.25, 0.3) is 5.91 Å². The zero-order valence-electron chi connectivity index (χ0n) is 13.6. The topological polar surface area (TPSA) is 81.7 Å². The van der Waals surface area contributed by atoms with E-state index in [-0.39, 0.29) is 18.7 Å². The molecule has 0 saturated heterocycles. The number of ether oxygens (including phenoxy) is 2. The number of halogens is 1. The Bertz CT molecular complexity index is 643. The molecule has 24 heavy (non-hydrogen) atoms. The van der Waals surface area contributed by atoms with Crippen LogP contribution in [-0.2, 0) is 31.9 Å². The highest BCUT2D eigenvalue weighted by Gasteiger charge is 2.28. The van der Waals surface area contributed by atoms with Gasteiger partial charge in [0.05, 0.1) is 22.9 Å². The Morgan fingerprint density at radius 3 is 2.46 bits per heavy atom. The molecule has 1 aliphatic rings. The molecule has 1 heterocycles. The predicted octanol–water partition coefficient (Wildman–Crippen LogP) is 2.61. The van der Waals surface area contributed by atoms with Crippen molar-refractivity contribution in [2.45, 2.75) is 44.6 Å². The molecule has 0 unspecified atom stereocenters. The fraction of sp³-hybridized carbons (Fsp3) is 0.562.